The summed E-state index contributed by atoms with van der Waals surface area (Å²) < 4.78 is 19.6. The van der Waals surface area contributed by atoms with Crippen LogP contribution in [0.15, 0.2) is 12.1 Å². The monoisotopic (exact) mass is 251 g/mol. The van der Waals surface area contributed by atoms with Gasteiger partial charge in [-0.15, -0.1) is 0 Å². The van der Waals surface area contributed by atoms with E-state index in [9.17, 15) is 9.60 Å². The van der Waals surface area contributed by atoms with Gasteiger partial charge in [-0.1, -0.05) is 0 Å². The highest BCUT2D eigenvalue weighted by Gasteiger charge is 2.23. The standard InChI is InChI=1S/C12H14FN3O2/c13-9-5-11(15-1-3-18-4-2-15)10-7-14-8-16(17)12(10)6-9/h5-6,8,14H,1-4,7H2. The predicted molar refractivity (Wildman–Crippen MR) is 65.6 cm³/mol. The van der Waals surface area contributed by atoms with Gasteiger partial charge in [0, 0.05) is 19.2 Å². The van der Waals surface area contributed by atoms with E-state index in [1.807, 2.05) is 0 Å². The van der Waals surface area contributed by atoms with Crippen molar-refractivity contribution in [3.8, 4) is 0 Å². The Balaban J connectivity index is 2.06. The Bertz CT molecular complexity index is 498. The van der Waals surface area contributed by atoms with Crippen molar-refractivity contribution in [2.24, 2.45) is 0 Å². The van der Waals surface area contributed by atoms with Gasteiger partial charge in [0.25, 0.3) is 0 Å². The molecule has 2 aliphatic heterocycles. The van der Waals surface area contributed by atoms with Gasteiger partial charge in [0.2, 0.25) is 6.34 Å². The summed E-state index contributed by atoms with van der Waals surface area (Å²) in [6, 6.07) is 2.77. The number of rotatable bonds is 1. The van der Waals surface area contributed by atoms with Crippen molar-refractivity contribution < 1.29 is 13.9 Å². The van der Waals surface area contributed by atoms with Gasteiger partial charge in [0.15, 0.2) is 0 Å². The minimum atomic E-state index is -0.383. The maximum absolute atomic E-state index is 13.6. The molecule has 1 aromatic carbocycles. The Morgan fingerprint density at radius 2 is 2.11 bits per heavy atom. The summed E-state index contributed by atoms with van der Waals surface area (Å²) in [5.74, 6) is -0.383. The molecule has 0 aromatic heterocycles. The quantitative estimate of drug-likeness (QED) is 0.596. The largest absolute Gasteiger partial charge is 0.711 e. The van der Waals surface area contributed by atoms with Crippen molar-refractivity contribution in [1.29, 1.82) is 0 Å². The lowest BCUT2D eigenvalue weighted by molar-refractivity contribution is -0.360. The van der Waals surface area contributed by atoms with Crippen molar-refractivity contribution in [1.82, 2.24) is 5.32 Å². The van der Waals surface area contributed by atoms with Crippen LogP contribution in [0.2, 0.25) is 0 Å². The first-order valence-corrected chi connectivity index (χ1v) is 5.94. The molecule has 2 aliphatic rings. The van der Waals surface area contributed by atoms with Gasteiger partial charge in [-0.2, -0.15) is 0 Å². The average molecular weight is 251 g/mol. The van der Waals surface area contributed by atoms with E-state index < -0.39 is 0 Å². The molecular weight excluding hydrogens is 237 g/mol. The van der Waals surface area contributed by atoms with E-state index in [0.717, 1.165) is 24.3 Å². The Morgan fingerprint density at radius 3 is 2.89 bits per heavy atom. The highest BCUT2D eigenvalue weighted by atomic mass is 19.1. The minimum Gasteiger partial charge on any atom is -0.711 e. The molecule has 0 aliphatic carbocycles. The summed E-state index contributed by atoms with van der Waals surface area (Å²) in [6.07, 6.45) is 1.31. The van der Waals surface area contributed by atoms with Crippen LogP contribution in [0.1, 0.15) is 5.56 Å². The van der Waals surface area contributed by atoms with Crippen LogP contribution in [-0.2, 0) is 11.3 Å². The molecule has 0 atom stereocenters. The van der Waals surface area contributed by atoms with Gasteiger partial charge in [-0.05, 0) is 6.07 Å². The molecule has 0 bridgehead atoms. The zero-order chi connectivity index (χ0) is 12.5. The molecule has 1 aromatic rings. The molecule has 0 saturated carbocycles. The number of hydrogen-bond donors (Lipinski definition) is 1. The zero-order valence-electron chi connectivity index (χ0n) is 9.86. The van der Waals surface area contributed by atoms with E-state index in [1.165, 1.54) is 18.5 Å². The molecule has 0 radical (unpaired) electrons. The second-order valence-electron chi connectivity index (χ2n) is 4.36. The summed E-state index contributed by atoms with van der Waals surface area (Å²) in [5, 5.41) is 14.6. The van der Waals surface area contributed by atoms with Crippen molar-refractivity contribution in [3.63, 3.8) is 0 Å². The number of ether oxygens (including phenoxy) is 1. The topological polar surface area (TPSA) is 50.6 Å². The summed E-state index contributed by atoms with van der Waals surface area (Å²) in [5.41, 5.74) is 2.01. The fraction of sp³-hybridized carbons (Fsp3) is 0.417. The Hall–Kier alpha value is -1.82. The van der Waals surface area contributed by atoms with Crippen LogP contribution in [0, 0.1) is 11.0 Å². The van der Waals surface area contributed by atoms with Crippen LogP contribution in [-0.4, -0.2) is 37.4 Å². The lowest BCUT2D eigenvalue weighted by Crippen LogP contribution is -2.38. The molecule has 1 N–H and O–H groups in total. The van der Waals surface area contributed by atoms with Gasteiger partial charge >= 0.3 is 0 Å². The van der Waals surface area contributed by atoms with Crippen LogP contribution in [0.4, 0.5) is 15.8 Å². The van der Waals surface area contributed by atoms with Crippen molar-refractivity contribution in [2.45, 2.75) is 6.54 Å². The molecule has 5 nitrogen and oxygen atoms in total. The van der Waals surface area contributed by atoms with Crippen molar-refractivity contribution in [3.05, 3.63) is 28.7 Å². The normalized spacial score (nSPS) is 18.9. The number of anilines is 1. The number of nitrogens with one attached hydrogen (secondary N) is 1. The molecule has 2 heterocycles. The van der Waals surface area contributed by atoms with Crippen LogP contribution in [0.3, 0.4) is 0 Å². The first-order chi connectivity index (χ1) is 8.75. The average Bonchev–Trinajstić information content (AvgIpc) is 2.40. The Labute approximate surface area is 104 Å². The summed E-state index contributed by atoms with van der Waals surface area (Å²) in [6.45, 7) is 3.25. The van der Waals surface area contributed by atoms with Crippen molar-refractivity contribution >= 4 is 17.7 Å². The molecule has 18 heavy (non-hydrogen) atoms. The maximum atomic E-state index is 13.6. The van der Waals surface area contributed by atoms with Gasteiger partial charge < -0.3 is 14.8 Å². The number of halogens is 1. The lowest BCUT2D eigenvalue weighted by atomic mass is 10.1. The van der Waals surface area contributed by atoms with Gasteiger partial charge in [-0.3, -0.25) is 5.32 Å². The highest BCUT2D eigenvalue weighted by Crippen LogP contribution is 2.32. The molecule has 0 amide bonds. The van der Waals surface area contributed by atoms with E-state index in [0.29, 0.717) is 30.2 Å². The van der Waals surface area contributed by atoms with E-state index in [1.54, 1.807) is 0 Å². The predicted octanol–water partition coefficient (Wildman–Crippen LogP) is 0.936. The highest BCUT2D eigenvalue weighted by molar-refractivity contribution is 5.67. The second-order valence-corrected chi connectivity index (χ2v) is 4.36. The van der Waals surface area contributed by atoms with Crippen LogP contribution < -0.4 is 10.2 Å². The minimum absolute atomic E-state index is 0.383. The zero-order valence-corrected chi connectivity index (χ0v) is 9.86. The fourth-order valence-corrected chi connectivity index (χ4v) is 2.37. The third-order valence-corrected chi connectivity index (χ3v) is 3.24. The number of fused-ring (bicyclic) bond motifs is 1. The first kappa shape index (κ1) is 11.3. The molecule has 96 valence electrons. The molecular formula is C12H14FN3O2. The van der Waals surface area contributed by atoms with Gasteiger partial charge in [0.1, 0.15) is 18.0 Å². The van der Waals surface area contributed by atoms with Crippen LogP contribution >= 0.6 is 0 Å². The second kappa shape index (κ2) is 4.45. The molecule has 3 rings (SSSR count). The van der Waals surface area contributed by atoms with E-state index >= 15 is 0 Å². The molecule has 1 saturated heterocycles. The smallest absolute Gasteiger partial charge is 0.240 e. The number of hydrogen-bond acceptors (Lipinski definition) is 4. The van der Waals surface area contributed by atoms with E-state index in [2.05, 4.69) is 10.2 Å². The van der Waals surface area contributed by atoms with E-state index in [4.69, 9.17) is 4.74 Å². The fourth-order valence-electron chi connectivity index (χ4n) is 2.37. The first-order valence-electron chi connectivity index (χ1n) is 5.94. The Morgan fingerprint density at radius 1 is 1.33 bits per heavy atom. The number of nitrogens with zero attached hydrogens (tertiary/aromatic N) is 2. The molecule has 0 unspecified atom stereocenters. The summed E-state index contributed by atoms with van der Waals surface area (Å²) in [4.78, 5) is 2.06. The third kappa shape index (κ3) is 1.88. The lowest BCUT2D eigenvalue weighted by Gasteiger charge is -2.31. The molecule has 1 fully saturated rings. The number of benzene rings is 1. The maximum Gasteiger partial charge on any atom is 0.240 e. The Kier molecular flexibility index (Phi) is 2.79. The van der Waals surface area contributed by atoms with Crippen LogP contribution in [0.5, 0.6) is 0 Å². The number of morpholine rings is 1. The summed E-state index contributed by atoms with van der Waals surface area (Å²) >= 11 is 0. The summed E-state index contributed by atoms with van der Waals surface area (Å²) in [7, 11) is 0. The SMILES string of the molecule is [O-][N+]1=CNCc2c(N3CCOCC3)cc(F)cc21. The van der Waals surface area contributed by atoms with Crippen molar-refractivity contribution in [2.75, 3.05) is 31.2 Å². The van der Waals surface area contributed by atoms with E-state index in [-0.39, 0.29) is 5.82 Å². The van der Waals surface area contributed by atoms with Gasteiger partial charge in [-0.25, -0.2) is 9.13 Å². The third-order valence-electron chi connectivity index (χ3n) is 3.24. The molecule has 0 spiro atoms. The van der Waals surface area contributed by atoms with Gasteiger partial charge in [0.05, 0.1) is 24.5 Å². The molecule has 6 heteroatoms. The van der Waals surface area contributed by atoms with Crippen LogP contribution in [0.25, 0.3) is 0 Å².